The van der Waals surface area contributed by atoms with Gasteiger partial charge in [-0.1, -0.05) is 36.2 Å². The van der Waals surface area contributed by atoms with Gasteiger partial charge in [0, 0.05) is 99.8 Å². The number of sulfonamides is 1. The number of allylic oxidation sites excluding steroid dienone is 1. The Bertz CT molecular complexity index is 3010. The van der Waals surface area contributed by atoms with Gasteiger partial charge in [0.1, 0.15) is 22.0 Å². The maximum Gasteiger partial charge on any atom is 0.501 e. The van der Waals surface area contributed by atoms with Crippen molar-refractivity contribution in [2.45, 2.75) is 60.4 Å². The summed E-state index contributed by atoms with van der Waals surface area (Å²) in [4.78, 5) is 28.7. The Morgan fingerprint density at radius 2 is 1.63 bits per heavy atom. The van der Waals surface area contributed by atoms with Gasteiger partial charge >= 0.3 is 5.51 Å². The molecule has 1 atom stereocenters. The molecule has 0 bridgehead atoms. The normalized spacial score (nSPS) is 20.6. The number of fused-ring (bicyclic) bond motifs is 1. The number of alkyl halides is 3. The van der Waals surface area contributed by atoms with Crippen LogP contribution < -0.4 is 25.0 Å². The van der Waals surface area contributed by atoms with E-state index in [-0.39, 0.29) is 34.2 Å². The molecule has 5 aromatic rings. The second kappa shape index (κ2) is 20.7. The summed E-state index contributed by atoms with van der Waals surface area (Å²) in [5.41, 5.74) is -0.838. The van der Waals surface area contributed by atoms with Crippen LogP contribution in [-0.2, 0) is 19.9 Å². The van der Waals surface area contributed by atoms with Crippen LogP contribution in [0, 0.1) is 5.41 Å². The van der Waals surface area contributed by atoms with Crippen LogP contribution in [0.2, 0.25) is 5.02 Å². The molecule has 5 heterocycles. The first-order valence-electron chi connectivity index (χ1n) is 23.9. The molecule has 0 radical (unpaired) electrons. The van der Waals surface area contributed by atoms with Gasteiger partial charge in [-0.05, 0) is 123 Å². The third kappa shape index (κ3) is 11.7. The molecule has 3 aliphatic heterocycles. The number of benzene rings is 3. The van der Waals surface area contributed by atoms with Gasteiger partial charge in [-0.25, -0.2) is 26.5 Å². The number of sulfone groups is 1. The van der Waals surface area contributed by atoms with Gasteiger partial charge in [0.2, 0.25) is 0 Å². The van der Waals surface area contributed by atoms with Crippen LogP contribution >= 0.6 is 11.6 Å². The van der Waals surface area contributed by atoms with Crippen molar-refractivity contribution in [2.24, 2.45) is 5.41 Å². The molecule has 0 saturated carbocycles. The molecule has 1 aliphatic carbocycles. The van der Waals surface area contributed by atoms with E-state index in [1.54, 1.807) is 30.5 Å². The minimum atomic E-state index is -6.03. The number of anilines is 2. The predicted octanol–water partition coefficient (Wildman–Crippen LogP) is 7.60. The van der Waals surface area contributed by atoms with Crippen LogP contribution in [0.4, 0.5) is 24.5 Å². The van der Waals surface area contributed by atoms with Gasteiger partial charge in [-0.3, -0.25) is 9.69 Å². The highest BCUT2D eigenvalue weighted by Crippen LogP contribution is 2.44. The van der Waals surface area contributed by atoms with Crippen molar-refractivity contribution in [3.8, 4) is 11.5 Å². The Kier molecular flexibility index (Phi) is 14.8. The first kappa shape index (κ1) is 50.7. The molecule has 3 fully saturated rings. The van der Waals surface area contributed by atoms with E-state index in [1.165, 1.54) is 29.0 Å². The number of rotatable bonds is 14. The van der Waals surface area contributed by atoms with Crippen LogP contribution in [0.5, 0.6) is 11.5 Å². The minimum Gasteiger partial charge on any atom is -0.455 e. The predicted molar refractivity (Wildman–Crippen MR) is 269 cm³/mol. The fourth-order valence-electron chi connectivity index (χ4n) is 10.3. The number of nitrogens with one attached hydrogen (secondary N) is 4. The lowest BCUT2D eigenvalue weighted by Crippen LogP contribution is -2.49. The first-order chi connectivity index (χ1) is 33.8. The van der Waals surface area contributed by atoms with E-state index < -0.39 is 41.1 Å². The monoisotopic (exact) mass is 1040 g/mol. The number of aromatic amines is 1. The number of pyridine rings is 1. The Balaban J connectivity index is 0.951. The molecular formula is C50H59ClF3N9O6S2. The van der Waals surface area contributed by atoms with Crippen molar-refractivity contribution in [3.63, 3.8) is 0 Å². The summed E-state index contributed by atoms with van der Waals surface area (Å²) in [7, 11) is -9.10. The van der Waals surface area contributed by atoms with Crippen molar-refractivity contribution in [2.75, 3.05) is 95.8 Å². The molecule has 3 aromatic carbocycles. The lowest BCUT2D eigenvalue weighted by molar-refractivity contribution is -0.0435. The number of H-pyrrole nitrogens is 1. The summed E-state index contributed by atoms with van der Waals surface area (Å²) in [6.07, 6.45) is 7.29. The average Bonchev–Trinajstić information content (AvgIpc) is 3.81. The van der Waals surface area contributed by atoms with Crippen LogP contribution in [0.1, 0.15) is 54.9 Å². The number of halogens is 4. The highest BCUT2D eigenvalue weighted by atomic mass is 35.5. The van der Waals surface area contributed by atoms with Crippen molar-refractivity contribution in [3.05, 3.63) is 107 Å². The van der Waals surface area contributed by atoms with Gasteiger partial charge in [0.05, 0.1) is 22.3 Å². The van der Waals surface area contributed by atoms with E-state index in [0.29, 0.717) is 61.4 Å². The van der Waals surface area contributed by atoms with E-state index in [0.717, 1.165) is 89.1 Å². The molecule has 2 aromatic heterocycles. The molecule has 0 unspecified atom stereocenters. The third-order valence-corrected chi connectivity index (χ3v) is 17.3. The number of ether oxygens (including phenoxy) is 1. The second-order valence-electron chi connectivity index (χ2n) is 19.5. The number of nitrogens with zero attached hydrogens (tertiary/aromatic N) is 5. The number of carbonyl (C=O) groups excluding carboxylic acids is 1. The molecule has 71 heavy (non-hydrogen) atoms. The minimum absolute atomic E-state index is 0.00364. The molecular weight excluding hydrogens is 979 g/mol. The standard InChI is InChI=1S/C50H59ClF3N9O6S2/c1-49(33-62-21-17-55-18-22-62)15-11-42(34-3-5-37(51)6-4-34)36(30-49)32-61-23-25-63(26-24-61)39-7-9-43(45(28-39)69-40-27-35-12-16-56-47(35)57-31-40)48(64)59-71(67,68)41-8-10-44(58-38-13-19-60(2)20-14-38)46(29-41)70(65,66)50(52,53)54/h3-10,12,16,27-29,31,38,55,58H,11,13-15,17-26,30,32-33H2,1-2H3,(H,56,57)(H,59,64)/t49-/m1/s1. The third-order valence-electron chi connectivity index (χ3n) is 14.2. The molecule has 4 aliphatic rings. The van der Waals surface area contributed by atoms with Gasteiger partial charge in [-0.2, -0.15) is 13.2 Å². The van der Waals surface area contributed by atoms with Crippen LogP contribution in [0.3, 0.4) is 0 Å². The van der Waals surface area contributed by atoms with Crippen LogP contribution in [-0.4, -0.2) is 145 Å². The van der Waals surface area contributed by atoms with Gasteiger partial charge in [0.15, 0.2) is 0 Å². The highest BCUT2D eigenvalue weighted by Gasteiger charge is 2.48. The number of amides is 1. The maximum atomic E-state index is 14.1. The van der Waals surface area contributed by atoms with E-state index in [2.05, 4.69) is 54.4 Å². The molecule has 1 amide bonds. The maximum absolute atomic E-state index is 14.1. The highest BCUT2D eigenvalue weighted by molar-refractivity contribution is 7.92. The zero-order valence-electron chi connectivity index (χ0n) is 39.7. The summed E-state index contributed by atoms with van der Waals surface area (Å²) < 4.78 is 104. The van der Waals surface area contributed by atoms with E-state index in [4.69, 9.17) is 16.3 Å². The van der Waals surface area contributed by atoms with E-state index in [1.807, 2.05) is 28.8 Å². The second-order valence-corrected chi connectivity index (χ2v) is 23.5. The van der Waals surface area contributed by atoms with Crippen LogP contribution in [0.15, 0.2) is 101 Å². The Hall–Kier alpha value is -5.22. The smallest absolute Gasteiger partial charge is 0.455 e. The quantitative estimate of drug-likeness (QED) is 0.0858. The van der Waals surface area contributed by atoms with Crippen molar-refractivity contribution < 1.29 is 39.5 Å². The van der Waals surface area contributed by atoms with Crippen molar-refractivity contribution >= 4 is 65.3 Å². The Morgan fingerprint density at radius 3 is 2.35 bits per heavy atom. The topological polar surface area (TPSA) is 172 Å². The van der Waals surface area contributed by atoms with E-state index in [9.17, 15) is 34.8 Å². The number of carbonyl (C=O) groups is 1. The summed E-state index contributed by atoms with van der Waals surface area (Å²) in [6, 6.07) is 18.5. The average molecular weight is 1040 g/mol. The fourth-order valence-corrected chi connectivity index (χ4v) is 12.4. The zero-order chi connectivity index (χ0) is 50.1. The summed E-state index contributed by atoms with van der Waals surface area (Å²) in [5.74, 6) is -0.898. The lowest BCUT2D eigenvalue weighted by atomic mass is 9.71. The molecule has 4 N–H and O–H groups in total. The lowest BCUT2D eigenvalue weighted by Gasteiger charge is -2.43. The molecule has 9 rings (SSSR count). The van der Waals surface area contributed by atoms with Gasteiger partial charge in [0.25, 0.3) is 25.8 Å². The molecule has 21 heteroatoms. The molecule has 15 nitrogen and oxygen atoms in total. The number of piperazine rings is 2. The number of hydrogen-bond acceptors (Lipinski definition) is 13. The fraction of sp³-hybridized carbons (Fsp3) is 0.440. The number of piperidine rings is 1. The van der Waals surface area contributed by atoms with Gasteiger partial charge in [-0.15, -0.1) is 0 Å². The van der Waals surface area contributed by atoms with E-state index >= 15 is 0 Å². The van der Waals surface area contributed by atoms with Crippen LogP contribution in [0.25, 0.3) is 16.6 Å². The molecule has 380 valence electrons. The summed E-state index contributed by atoms with van der Waals surface area (Å²) >= 11 is 6.32. The number of hydrogen-bond donors (Lipinski definition) is 4. The summed E-state index contributed by atoms with van der Waals surface area (Å²) in [6.45, 7) is 12.4. The van der Waals surface area contributed by atoms with Gasteiger partial charge < -0.3 is 35.1 Å². The molecule has 0 spiro atoms. The summed E-state index contributed by atoms with van der Waals surface area (Å²) in [5, 5.41) is 7.78. The SMILES string of the molecule is CN1CCC(Nc2ccc(S(=O)(=O)NC(=O)c3ccc(N4CCN(CC5=C(c6ccc(Cl)cc6)CC[C@@](C)(CN6CCNCC6)C5)CC4)cc3Oc3cnc4[nH]ccc4c3)cc2S(=O)(=O)C(F)(F)F)CC1. The molecule has 3 saturated heterocycles. The zero-order valence-corrected chi connectivity index (χ0v) is 42.1. The largest absolute Gasteiger partial charge is 0.501 e. The Labute approximate surface area is 417 Å². The Morgan fingerprint density at radius 1 is 0.901 bits per heavy atom. The number of aromatic nitrogens is 2. The number of likely N-dealkylation sites (tertiary alicyclic amines) is 1. The van der Waals surface area contributed by atoms with Crippen molar-refractivity contribution in [1.29, 1.82) is 0 Å². The van der Waals surface area contributed by atoms with Crippen molar-refractivity contribution in [1.82, 2.24) is 34.7 Å². The first-order valence-corrected chi connectivity index (χ1v) is 27.3.